The summed E-state index contributed by atoms with van der Waals surface area (Å²) in [6, 6.07) is 66.7. The van der Waals surface area contributed by atoms with E-state index >= 15 is 0 Å². The van der Waals surface area contributed by atoms with Gasteiger partial charge in [0.05, 0.1) is 0 Å². The minimum Gasteiger partial charge on any atom is -0.355 e. The number of nitrogens with one attached hydrogen (secondary N) is 4. The van der Waals surface area contributed by atoms with Crippen LogP contribution in [0.4, 0.5) is 0 Å². The molecule has 0 radical (unpaired) electrons. The van der Waals surface area contributed by atoms with Crippen molar-refractivity contribution in [3.8, 4) is 0 Å². The second kappa shape index (κ2) is 21.0. The first-order chi connectivity index (χ1) is 23.8. The minimum atomic E-state index is 0. The molecule has 0 saturated carbocycles. The number of H-pyrrole nitrogens is 4. The summed E-state index contributed by atoms with van der Waals surface area (Å²) in [5.74, 6) is 0. The van der Waals surface area contributed by atoms with Crippen molar-refractivity contribution in [2.24, 2.45) is 0 Å². The number of rotatable bonds is 0. The average molecular weight is 677 g/mol. The number of hydrogen-bond donors (Lipinski definition) is 4. The Morgan fingerprint density at radius 1 is 0.265 bits per heavy atom. The fourth-order valence-corrected chi connectivity index (χ4v) is 4.43. The van der Waals surface area contributed by atoms with Crippen molar-refractivity contribution < 1.29 is 17.1 Å². The molecule has 0 unspecified atom stereocenters. The average Bonchev–Trinajstić information content (AvgIpc) is 4.00. The monoisotopic (exact) mass is 676 g/mol. The van der Waals surface area contributed by atoms with E-state index in [2.05, 4.69) is 117 Å². The molecule has 0 fully saturated rings. The van der Waals surface area contributed by atoms with Crippen LogP contribution in [0.15, 0.2) is 170 Å². The number of benzene rings is 4. The quantitative estimate of drug-likeness (QED) is 0.104. The first-order valence-corrected chi connectivity index (χ1v) is 15.6. The van der Waals surface area contributed by atoms with Crippen LogP contribution in [-0.4, -0.2) is 19.9 Å². The Balaban J connectivity index is 0.000000175. The Kier molecular flexibility index (Phi) is 15.4. The predicted molar refractivity (Wildman–Crippen MR) is 197 cm³/mol. The van der Waals surface area contributed by atoms with Crippen LogP contribution in [0.3, 0.4) is 0 Å². The van der Waals surface area contributed by atoms with Gasteiger partial charge in [0, 0.05) is 44.2 Å². The Bertz CT molecular complexity index is 1810. The van der Waals surface area contributed by atoms with Crippen molar-refractivity contribution in [2.45, 2.75) is 0 Å². The van der Waals surface area contributed by atoms with Crippen LogP contribution >= 0.6 is 0 Å². The van der Waals surface area contributed by atoms with Gasteiger partial charge >= 0.3 is 17.1 Å². The summed E-state index contributed by atoms with van der Waals surface area (Å²) < 4.78 is 0. The number of aromatic amines is 4. The third-order valence-corrected chi connectivity index (χ3v) is 6.60. The molecule has 0 atom stereocenters. The molecule has 240 valence electrons. The van der Waals surface area contributed by atoms with Gasteiger partial charge in [-0.1, -0.05) is 0 Å². The van der Waals surface area contributed by atoms with E-state index in [-0.39, 0.29) is 17.1 Å². The third-order valence-electron chi connectivity index (χ3n) is 6.60. The molecule has 8 bridgehead atoms. The molecule has 4 aromatic carbocycles. The van der Waals surface area contributed by atoms with Crippen LogP contribution in [0.1, 0.15) is 22.8 Å². The molecule has 4 nitrogen and oxygen atoms in total. The van der Waals surface area contributed by atoms with Crippen molar-refractivity contribution in [1.29, 1.82) is 0 Å². The Labute approximate surface area is 298 Å². The smallest absolute Gasteiger partial charge is 0.355 e. The van der Waals surface area contributed by atoms with E-state index in [4.69, 9.17) is 0 Å². The molecule has 1 aliphatic rings. The summed E-state index contributed by atoms with van der Waals surface area (Å²) in [5, 5.41) is 4.29. The summed E-state index contributed by atoms with van der Waals surface area (Å²) in [5.41, 5.74) is 4.29. The van der Waals surface area contributed by atoms with Gasteiger partial charge in [-0.3, -0.25) is 0 Å². The Hall–Kier alpha value is -6.00. The first-order valence-electron chi connectivity index (χ1n) is 15.6. The van der Waals surface area contributed by atoms with E-state index in [1.807, 2.05) is 121 Å². The van der Waals surface area contributed by atoms with Gasteiger partial charge < -0.3 is 19.9 Å². The molecule has 0 aliphatic carbocycles. The van der Waals surface area contributed by atoms with Crippen molar-refractivity contribution in [2.75, 3.05) is 0 Å². The summed E-state index contributed by atoms with van der Waals surface area (Å²) in [4.78, 5) is 13.7. The molecule has 49 heavy (non-hydrogen) atoms. The maximum absolute atomic E-state index is 3.42. The SMILES string of the molecule is C1=c2ccc([nH]2)=Cc2ccc([nH]2)C=c2ccc([nH]2)=Cc2ccc1[nH]2.[Fe+4].[c-]1ccccc1.[c-]1ccccc1.[c-]1ccccc1.[c-]1ccccc1. The molecule has 0 amide bonds. The zero-order valence-corrected chi connectivity index (χ0v) is 27.9. The van der Waals surface area contributed by atoms with Gasteiger partial charge in [0.1, 0.15) is 0 Å². The molecular formula is C44H36FeN4. The van der Waals surface area contributed by atoms with Gasteiger partial charge in [-0.15, -0.1) is 0 Å². The third kappa shape index (κ3) is 13.7. The van der Waals surface area contributed by atoms with E-state index in [9.17, 15) is 0 Å². The maximum atomic E-state index is 3.42. The number of fused-ring (bicyclic) bond motifs is 8. The molecule has 4 N–H and O–H groups in total. The maximum Gasteiger partial charge on any atom is 4.00 e. The van der Waals surface area contributed by atoms with E-state index in [0.29, 0.717) is 0 Å². The Morgan fingerprint density at radius 2 is 0.490 bits per heavy atom. The molecule has 5 heteroatoms. The van der Waals surface area contributed by atoms with Gasteiger partial charge in [0.2, 0.25) is 0 Å². The van der Waals surface area contributed by atoms with Gasteiger partial charge in [0.25, 0.3) is 0 Å². The topological polar surface area (TPSA) is 63.2 Å². The molecule has 0 spiro atoms. The summed E-state index contributed by atoms with van der Waals surface area (Å²) in [6.07, 6.45) is 8.42. The van der Waals surface area contributed by atoms with Gasteiger partial charge in [-0.25, -0.2) is 0 Å². The summed E-state index contributed by atoms with van der Waals surface area (Å²) in [6.45, 7) is 0. The van der Waals surface area contributed by atoms with Crippen molar-refractivity contribution >= 4 is 24.3 Å². The van der Waals surface area contributed by atoms with Crippen molar-refractivity contribution in [3.63, 3.8) is 0 Å². The minimum absolute atomic E-state index is 0. The van der Waals surface area contributed by atoms with Crippen molar-refractivity contribution in [3.05, 3.63) is 238 Å². The molecule has 9 rings (SSSR count). The van der Waals surface area contributed by atoms with Crippen LogP contribution in [-0.2, 0) is 17.1 Å². The second-order valence-electron chi connectivity index (χ2n) is 10.4. The molecule has 0 saturated heterocycles. The predicted octanol–water partition coefficient (Wildman–Crippen LogP) is 6.57. The first kappa shape index (κ1) is 35.8. The summed E-state index contributed by atoms with van der Waals surface area (Å²) in [7, 11) is 0. The van der Waals surface area contributed by atoms with Crippen molar-refractivity contribution in [1.82, 2.24) is 19.9 Å². The van der Waals surface area contributed by atoms with Crippen LogP contribution in [0.2, 0.25) is 0 Å². The summed E-state index contributed by atoms with van der Waals surface area (Å²) >= 11 is 0. The largest absolute Gasteiger partial charge is 4.00 e. The molecule has 1 aliphatic heterocycles. The molecular weight excluding hydrogens is 640 g/mol. The fraction of sp³-hybridized carbons (Fsp3) is 0. The van der Waals surface area contributed by atoms with E-state index in [0.717, 1.165) is 44.2 Å². The zero-order valence-electron chi connectivity index (χ0n) is 26.8. The van der Waals surface area contributed by atoms with E-state index in [1.54, 1.807) is 0 Å². The van der Waals surface area contributed by atoms with E-state index in [1.165, 1.54) is 0 Å². The number of aromatic nitrogens is 4. The fourth-order valence-electron chi connectivity index (χ4n) is 4.43. The second-order valence-corrected chi connectivity index (χ2v) is 10.4. The van der Waals surface area contributed by atoms with E-state index < -0.39 is 0 Å². The Morgan fingerprint density at radius 3 is 0.653 bits per heavy atom. The van der Waals surface area contributed by atoms with Gasteiger partial charge in [-0.05, 0) is 72.8 Å². The molecule has 5 heterocycles. The van der Waals surface area contributed by atoms with Crippen LogP contribution < -0.4 is 21.4 Å². The van der Waals surface area contributed by atoms with Gasteiger partial charge in [-0.2, -0.15) is 146 Å². The van der Waals surface area contributed by atoms with Crippen LogP contribution in [0.25, 0.3) is 24.3 Å². The van der Waals surface area contributed by atoms with Gasteiger partial charge in [0.15, 0.2) is 0 Å². The molecule has 8 aromatic rings. The normalized spacial score (nSPS) is 10.1. The number of hydrogen-bond acceptors (Lipinski definition) is 0. The molecule has 4 aromatic heterocycles. The zero-order chi connectivity index (χ0) is 32.9. The van der Waals surface area contributed by atoms with Crippen LogP contribution in [0, 0.1) is 24.3 Å². The van der Waals surface area contributed by atoms with Crippen LogP contribution in [0.5, 0.6) is 0 Å². The standard InChI is InChI=1S/C20H16N4.4C6H5.Fe/c1-2-14-10-16-5-6-18(23-16)12-20-8-7-19(24-20)11-17-4-3-15(22-17)9-13(1)21-14;4*1-2-4-6-5-3-1;/h1-12,21-24H;4*1-5H;/q;4*-1;+4.